The molecule has 0 spiro atoms. The summed E-state index contributed by atoms with van der Waals surface area (Å²) < 4.78 is 10.4. The SMILES string of the molecule is Cc1ccc(C(=O)OCCOc2ccccc2Cl)cc1[N+](=O)[O-]. The van der Waals surface area contributed by atoms with E-state index in [2.05, 4.69) is 0 Å². The highest BCUT2D eigenvalue weighted by atomic mass is 35.5. The minimum Gasteiger partial charge on any atom is -0.488 e. The molecule has 0 heterocycles. The molecule has 0 radical (unpaired) electrons. The second-order valence-electron chi connectivity index (χ2n) is 4.67. The first-order valence-corrected chi connectivity index (χ1v) is 7.16. The lowest BCUT2D eigenvalue weighted by Crippen LogP contribution is -2.12. The number of para-hydroxylation sites is 1. The minimum atomic E-state index is -0.643. The van der Waals surface area contributed by atoms with Gasteiger partial charge in [0.1, 0.15) is 19.0 Å². The van der Waals surface area contributed by atoms with Gasteiger partial charge in [0.15, 0.2) is 0 Å². The maximum atomic E-state index is 11.9. The van der Waals surface area contributed by atoms with E-state index in [0.717, 1.165) is 0 Å². The number of hydrogen-bond acceptors (Lipinski definition) is 5. The number of nitro benzene ring substituents is 1. The number of halogens is 1. The minimum absolute atomic E-state index is 0.00569. The molecule has 23 heavy (non-hydrogen) atoms. The van der Waals surface area contributed by atoms with Gasteiger partial charge in [-0.15, -0.1) is 0 Å². The molecule has 120 valence electrons. The molecule has 0 aliphatic rings. The van der Waals surface area contributed by atoms with Crippen molar-refractivity contribution in [2.24, 2.45) is 0 Å². The van der Waals surface area contributed by atoms with Crippen LogP contribution in [0.5, 0.6) is 5.75 Å². The molecule has 0 aliphatic carbocycles. The number of nitro groups is 1. The van der Waals surface area contributed by atoms with Crippen LogP contribution in [0.2, 0.25) is 5.02 Å². The van der Waals surface area contributed by atoms with Gasteiger partial charge < -0.3 is 9.47 Å². The second-order valence-corrected chi connectivity index (χ2v) is 5.08. The molecule has 0 aliphatic heterocycles. The summed E-state index contributed by atoms with van der Waals surface area (Å²) in [6.45, 7) is 1.74. The molecule has 0 bridgehead atoms. The summed E-state index contributed by atoms with van der Waals surface area (Å²) in [5.41, 5.74) is 0.486. The number of ether oxygens (including phenoxy) is 2. The zero-order valence-corrected chi connectivity index (χ0v) is 13.1. The zero-order chi connectivity index (χ0) is 16.8. The van der Waals surface area contributed by atoms with Crippen LogP contribution < -0.4 is 4.74 Å². The smallest absolute Gasteiger partial charge is 0.338 e. The van der Waals surface area contributed by atoms with Crippen LogP contribution in [0.15, 0.2) is 42.5 Å². The Morgan fingerprint density at radius 1 is 1.22 bits per heavy atom. The molecule has 6 nitrogen and oxygen atoms in total. The quantitative estimate of drug-likeness (QED) is 0.347. The average Bonchev–Trinajstić information content (AvgIpc) is 2.53. The van der Waals surface area contributed by atoms with Crippen molar-refractivity contribution >= 4 is 23.3 Å². The Kier molecular flexibility index (Phi) is 5.54. The lowest BCUT2D eigenvalue weighted by Gasteiger charge is -2.08. The van der Waals surface area contributed by atoms with Crippen molar-refractivity contribution in [1.29, 1.82) is 0 Å². The molecule has 0 amide bonds. The lowest BCUT2D eigenvalue weighted by atomic mass is 10.1. The summed E-state index contributed by atoms with van der Waals surface area (Å²) in [5, 5.41) is 11.3. The fourth-order valence-corrected chi connectivity index (χ4v) is 2.05. The molecule has 0 atom stereocenters. The number of carbonyl (C=O) groups excluding carboxylic acids is 1. The Labute approximate surface area is 137 Å². The third-order valence-corrected chi connectivity index (χ3v) is 3.36. The fourth-order valence-electron chi connectivity index (χ4n) is 1.86. The van der Waals surface area contributed by atoms with Crippen LogP contribution >= 0.6 is 11.6 Å². The van der Waals surface area contributed by atoms with Crippen LogP contribution in [-0.2, 0) is 4.74 Å². The van der Waals surface area contributed by atoms with Gasteiger partial charge in [-0.05, 0) is 25.1 Å². The second kappa shape index (κ2) is 7.60. The van der Waals surface area contributed by atoms with Gasteiger partial charge in [-0.1, -0.05) is 29.8 Å². The number of benzene rings is 2. The van der Waals surface area contributed by atoms with E-state index in [4.69, 9.17) is 21.1 Å². The van der Waals surface area contributed by atoms with E-state index in [9.17, 15) is 14.9 Å². The van der Waals surface area contributed by atoms with Crippen molar-refractivity contribution < 1.29 is 19.2 Å². The summed E-state index contributed by atoms with van der Waals surface area (Å²) in [4.78, 5) is 22.2. The largest absolute Gasteiger partial charge is 0.488 e. The third kappa shape index (κ3) is 4.43. The van der Waals surface area contributed by atoms with E-state index in [1.54, 1.807) is 31.2 Å². The van der Waals surface area contributed by atoms with Crippen molar-refractivity contribution in [1.82, 2.24) is 0 Å². The predicted molar refractivity (Wildman–Crippen MR) is 85.1 cm³/mol. The van der Waals surface area contributed by atoms with E-state index in [1.165, 1.54) is 18.2 Å². The Bertz CT molecular complexity index is 732. The Hall–Kier alpha value is -2.60. The first kappa shape index (κ1) is 16.8. The van der Waals surface area contributed by atoms with Gasteiger partial charge in [0.2, 0.25) is 0 Å². The van der Waals surface area contributed by atoms with E-state index in [0.29, 0.717) is 16.3 Å². The van der Waals surface area contributed by atoms with Gasteiger partial charge in [0.05, 0.1) is 15.5 Å². The molecular weight excluding hydrogens is 322 g/mol. The van der Waals surface area contributed by atoms with Gasteiger partial charge in [0.25, 0.3) is 5.69 Å². The molecular formula is C16H14ClNO5. The molecule has 7 heteroatoms. The highest BCUT2D eigenvalue weighted by Gasteiger charge is 2.15. The maximum absolute atomic E-state index is 11.9. The third-order valence-electron chi connectivity index (χ3n) is 3.05. The molecule has 0 saturated heterocycles. The van der Waals surface area contributed by atoms with E-state index < -0.39 is 10.9 Å². The van der Waals surface area contributed by atoms with Gasteiger partial charge >= 0.3 is 5.97 Å². The average molecular weight is 336 g/mol. The maximum Gasteiger partial charge on any atom is 0.338 e. The fraction of sp³-hybridized carbons (Fsp3) is 0.188. The molecule has 0 N–H and O–H groups in total. The topological polar surface area (TPSA) is 78.7 Å². The molecule has 0 aromatic heterocycles. The van der Waals surface area contributed by atoms with Crippen LogP contribution in [0.3, 0.4) is 0 Å². The number of hydrogen-bond donors (Lipinski definition) is 0. The molecule has 2 aromatic carbocycles. The van der Waals surface area contributed by atoms with Crippen molar-refractivity contribution in [3.8, 4) is 5.75 Å². The summed E-state index contributed by atoms with van der Waals surface area (Å²) in [6, 6.07) is 11.1. The molecule has 0 unspecified atom stereocenters. The number of carbonyl (C=O) groups is 1. The van der Waals surface area contributed by atoms with Crippen LogP contribution in [0, 0.1) is 17.0 Å². The predicted octanol–water partition coefficient (Wildman–Crippen LogP) is 3.79. The van der Waals surface area contributed by atoms with Crippen LogP contribution in [0.25, 0.3) is 0 Å². The van der Waals surface area contributed by atoms with Crippen molar-refractivity contribution in [2.45, 2.75) is 6.92 Å². The first-order valence-electron chi connectivity index (χ1n) is 6.78. The first-order chi connectivity index (χ1) is 11.0. The van der Waals surface area contributed by atoms with Crippen molar-refractivity contribution in [3.63, 3.8) is 0 Å². The Morgan fingerprint density at radius 3 is 2.65 bits per heavy atom. The van der Waals surface area contributed by atoms with Crippen LogP contribution in [-0.4, -0.2) is 24.1 Å². The number of rotatable bonds is 6. The van der Waals surface area contributed by atoms with Gasteiger partial charge in [-0.2, -0.15) is 0 Å². The summed E-state index contributed by atoms with van der Waals surface area (Å²) in [5.74, 6) is -0.146. The van der Waals surface area contributed by atoms with E-state index in [1.807, 2.05) is 0 Å². The van der Waals surface area contributed by atoms with Crippen LogP contribution in [0.4, 0.5) is 5.69 Å². The van der Waals surface area contributed by atoms with Gasteiger partial charge in [0, 0.05) is 11.6 Å². The molecule has 0 fully saturated rings. The van der Waals surface area contributed by atoms with Crippen LogP contribution in [0.1, 0.15) is 15.9 Å². The standard InChI is InChI=1S/C16H14ClNO5/c1-11-6-7-12(10-14(11)18(20)21)16(19)23-9-8-22-15-5-3-2-4-13(15)17/h2-7,10H,8-9H2,1H3. The number of nitrogens with zero attached hydrogens (tertiary/aromatic N) is 1. The lowest BCUT2D eigenvalue weighted by molar-refractivity contribution is -0.385. The highest BCUT2D eigenvalue weighted by Crippen LogP contribution is 2.23. The highest BCUT2D eigenvalue weighted by molar-refractivity contribution is 6.32. The number of esters is 1. The van der Waals surface area contributed by atoms with E-state index >= 15 is 0 Å². The number of aryl methyl sites for hydroxylation is 1. The van der Waals surface area contributed by atoms with Gasteiger partial charge in [-0.25, -0.2) is 4.79 Å². The normalized spacial score (nSPS) is 10.2. The molecule has 2 rings (SSSR count). The van der Waals surface area contributed by atoms with Crippen molar-refractivity contribution in [2.75, 3.05) is 13.2 Å². The summed E-state index contributed by atoms with van der Waals surface area (Å²) in [7, 11) is 0. The zero-order valence-electron chi connectivity index (χ0n) is 12.3. The summed E-state index contributed by atoms with van der Waals surface area (Å²) >= 11 is 5.93. The summed E-state index contributed by atoms with van der Waals surface area (Å²) in [6.07, 6.45) is 0. The molecule has 2 aromatic rings. The van der Waals surface area contributed by atoms with Gasteiger partial charge in [-0.3, -0.25) is 10.1 Å². The van der Waals surface area contributed by atoms with Crippen molar-refractivity contribution in [3.05, 3.63) is 68.7 Å². The van der Waals surface area contributed by atoms with E-state index in [-0.39, 0.29) is 24.5 Å². The Balaban J connectivity index is 1.89. The Morgan fingerprint density at radius 2 is 1.96 bits per heavy atom. The monoisotopic (exact) mass is 335 g/mol. The molecule has 0 saturated carbocycles.